The topological polar surface area (TPSA) is 66.9 Å². The number of carbonyl (C=O) groups is 1. The maximum atomic E-state index is 11.9. The molecule has 0 unspecified atom stereocenters. The summed E-state index contributed by atoms with van der Waals surface area (Å²) >= 11 is 0. The van der Waals surface area contributed by atoms with E-state index in [-0.39, 0.29) is 11.8 Å². The lowest BCUT2D eigenvalue weighted by Gasteiger charge is -2.21. The van der Waals surface area contributed by atoms with Crippen LogP contribution < -0.4 is 10.6 Å². The second kappa shape index (κ2) is 5.03. The number of piperidine rings is 1. The van der Waals surface area contributed by atoms with E-state index in [0.717, 1.165) is 25.9 Å². The molecule has 1 fully saturated rings. The molecule has 2 heterocycles. The standard InChI is InChI=1S/C11H16N4O/c1-8-13-6-10(7-14-8)15-11(16)9-2-4-12-5-3-9/h6-7,9,12H,2-5H2,1H3,(H,15,16). The molecule has 1 aromatic heterocycles. The second-order valence-electron chi connectivity index (χ2n) is 4.03. The Kier molecular flexibility index (Phi) is 3.46. The van der Waals surface area contributed by atoms with E-state index in [1.54, 1.807) is 12.4 Å². The molecular weight excluding hydrogens is 204 g/mol. The first-order valence-electron chi connectivity index (χ1n) is 5.56. The van der Waals surface area contributed by atoms with Crippen molar-refractivity contribution in [2.45, 2.75) is 19.8 Å². The van der Waals surface area contributed by atoms with Gasteiger partial charge in [0.25, 0.3) is 0 Å². The van der Waals surface area contributed by atoms with Crippen molar-refractivity contribution < 1.29 is 4.79 Å². The van der Waals surface area contributed by atoms with Crippen LogP contribution in [0, 0.1) is 12.8 Å². The van der Waals surface area contributed by atoms with E-state index in [2.05, 4.69) is 20.6 Å². The summed E-state index contributed by atoms with van der Waals surface area (Å²) in [6.45, 7) is 3.66. The summed E-state index contributed by atoms with van der Waals surface area (Å²) < 4.78 is 0. The minimum atomic E-state index is 0.0777. The van der Waals surface area contributed by atoms with Crippen molar-refractivity contribution in [1.82, 2.24) is 15.3 Å². The van der Waals surface area contributed by atoms with Gasteiger partial charge in [-0.25, -0.2) is 9.97 Å². The molecule has 0 spiro atoms. The number of nitrogens with one attached hydrogen (secondary N) is 2. The number of hydrogen-bond acceptors (Lipinski definition) is 4. The lowest BCUT2D eigenvalue weighted by atomic mass is 9.97. The molecule has 1 aliphatic rings. The highest BCUT2D eigenvalue weighted by molar-refractivity contribution is 5.92. The van der Waals surface area contributed by atoms with Gasteiger partial charge in [-0.1, -0.05) is 0 Å². The van der Waals surface area contributed by atoms with E-state index in [0.29, 0.717) is 11.5 Å². The van der Waals surface area contributed by atoms with Gasteiger partial charge in [0.15, 0.2) is 0 Å². The molecule has 0 saturated carbocycles. The molecule has 1 aromatic rings. The van der Waals surface area contributed by atoms with Crippen molar-refractivity contribution in [2.24, 2.45) is 5.92 Å². The fraction of sp³-hybridized carbons (Fsp3) is 0.545. The Morgan fingerprint density at radius 2 is 2.00 bits per heavy atom. The first kappa shape index (κ1) is 11.0. The Morgan fingerprint density at radius 1 is 1.38 bits per heavy atom. The first-order valence-corrected chi connectivity index (χ1v) is 5.56. The minimum Gasteiger partial charge on any atom is -0.323 e. The van der Waals surface area contributed by atoms with Gasteiger partial charge in [0, 0.05) is 5.92 Å². The van der Waals surface area contributed by atoms with Gasteiger partial charge in [-0.3, -0.25) is 4.79 Å². The highest BCUT2D eigenvalue weighted by atomic mass is 16.1. The van der Waals surface area contributed by atoms with E-state index < -0.39 is 0 Å². The normalized spacial score (nSPS) is 17.1. The number of amides is 1. The zero-order chi connectivity index (χ0) is 11.4. The molecule has 0 radical (unpaired) electrons. The van der Waals surface area contributed by atoms with Crippen LogP contribution in [0.4, 0.5) is 5.69 Å². The van der Waals surface area contributed by atoms with Crippen LogP contribution in [-0.4, -0.2) is 29.0 Å². The Balaban J connectivity index is 1.93. The molecule has 1 amide bonds. The van der Waals surface area contributed by atoms with E-state index in [1.165, 1.54) is 0 Å². The monoisotopic (exact) mass is 220 g/mol. The van der Waals surface area contributed by atoms with Gasteiger partial charge in [-0.15, -0.1) is 0 Å². The lowest BCUT2D eigenvalue weighted by molar-refractivity contribution is -0.120. The Bertz CT molecular complexity index is 357. The van der Waals surface area contributed by atoms with Gasteiger partial charge in [0.05, 0.1) is 18.1 Å². The molecule has 16 heavy (non-hydrogen) atoms. The number of hydrogen-bond donors (Lipinski definition) is 2. The van der Waals surface area contributed by atoms with Crippen LogP contribution in [0.1, 0.15) is 18.7 Å². The van der Waals surface area contributed by atoms with E-state index in [1.807, 2.05) is 6.92 Å². The molecule has 0 bridgehead atoms. The molecule has 1 aliphatic heterocycles. The minimum absolute atomic E-state index is 0.0777. The van der Waals surface area contributed by atoms with Crippen molar-refractivity contribution >= 4 is 11.6 Å². The summed E-state index contributed by atoms with van der Waals surface area (Å²) in [4.78, 5) is 19.9. The summed E-state index contributed by atoms with van der Waals surface area (Å²) in [7, 11) is 0. The van der Waals surface area contributed by atoms with Gasteiger partial charge in [-0.2, -0.15) is 0 Å². The molecule has 0 aromatic carbocycles. The zero-order valence-electron chi connectivity index (χ0n) is 9.36. The van der Waals surface area contributed by atoms with Crippen LogP contribution in [0.2, 0.25) is 0 Å². The molecule has 0 atom stereocenters. The highest BCUT2D eigenvalue weighted by Gasteiger charge is 2.20. The lowest BCUT2D eigenvalue weighted by Crippen LogP contribution is -2.34. The van der Waals surface area contributed by atoms with Crippen LogP contribution in [0.15, 0.2) is 12.4 Å². The first-order chi connectivity index (χ1) is 7.75. The van der Waals surface area contributed by atoms with Crippen molar-refractivity contribution in [2.75, 3.05) is 18.4 Å². The number of carbonyl (C=O) groups excluding carboxylic acids is 1. The Hall–Kier alpha value is -1.49. The zero-order valence-corrected chi connectivity index (χ0v) is 9.36. The van der Waals surface area contributed by atoms with Crippen molar-refractivity contribution in [3.8, 4) is 0 Å². The largest absolute Gasteiger partial charge is 0.323 e. The van der Waals surface area contributed by atoms with Crippen molar-refractivity contribution in [1.29, 1.82) is 0 Å². The molecular formula is C11H16N4O. The van der Waals surface area contributed by atoms with Crippen LogP contribution in [0.5, 0.6) is 0 Å². The van der Waals surface area contributed by atoms with Crippen molar-refractivity contribution in [3.63, 3.8) is 0 Å². The number of aromatic nitrogens is 2. The van der Waals surface area contributed by atoms with E-state index in [9.17, 15) is 4.79 Å². The van der Waals surface area contributed by atoms with Gasteiger partial charge in [0.2, 0.25) is 5.91 Å². The predicted molar refractivity (Wildman–Crippen MR) is 61.0 cm³/mol. The highest BCUT2D eigenvalue weighted by Crippen LogP contribution is 2.14. The molecule has 0 aliphatic carbocycles. The SMILES string of the molecule is Cc1ncc(NC(=O)C2CCNCC2)cn1. The predicted octanol–water partition coefficient (Wildman–Crippen LogP) is 0.723. The third kappa shape index (κ3) is 2.76. The maximum absolute atomic E-state index is 11.9. The smallest absolute Gasteiger partial charge is 0.227 e. The van der Waals surface area contributed by atoms with Gasteiger partial charge in [-0.05, 0) is 32.9 Å². The van der Waals surface area contributed by atoms with E-state index in [4.69, 9.17) is 0 Å². The molecule has 86 valence electrons. The molecule has 1 saturated heterocycles. The molecule has 5 nitrogen and oxygen atoms in total. The third-order valence-corrected chi connectivity index (χ3v) is 2.76. The van der Waals surface area contributed by atoms with Crippen LogP contribution in [0.25, 0.3) is 0 Å². The van der Waals surface area contributed by atoms with Crippen LogP contribution in [-0.2, 0) is 4.79 Å². The molecule has 5 heteroatoms. The van der Waals surface area contributed by atoms with E-state index >= 15 is 0 Å². The Labute approximate surface area is 94.7 Å². The fourth-order valence-corrected chi connectivity index (χ4v) is 1.79. The maximum Gasteiger partial charge on any atom is 0.227 e. The van der Waals surface area contributed by atoms with Gasteiger partial charge >= 0.3 is 0 Å². The van der Waals surface area contributed by atoms with Crippen molar-refractivity contribution in [3.05, 3.63) is 18.2 Å². The number of rotatable bonds is 2. The summed E-state index contributed by atoms with van der Waals surface area (Å²) in [5.41, 5.74) is 0.675. The van der Waals surface area contributed by atoms with Gasteiger partial charge < -0.3 is 10.6 Å². The van der Waals surface area contributed by atoms with Gasteiger partial charge in [0.1, 0.15) is 5.82 Å². The summed E-state index contributed by atoms with van der Waals surface area (Å²) in [5.74, 6) is 0.899. The Morgan fingerprint density at radius 3 is 2.62 bits per heavy atom. The molecule has 2 rings (SSSR count). The van der Waals surface area contributed by atoms with Crippen LogP contribution >= 0.6 is 0 Å². The third-order valence-electron chi connectivity index (χ3n) is 2.76. The number of anilines is 1. The summed E-state index contributed by atoms with van der Waals surface area (Å²) in [5, 5.41) is 6.08. The van der Waals surface area contributed by atoms with Crippen LogP contribution in [0.3, 0.4) is 0 Å². The fourth-order valence-electron chi connectivity index (χ4n) is 1.79. The summed E-state index contributed by atoms with van der Waals surface area (Å²) in [6.07, 6.45) is 5.08. The molecule has 2 N–H and O–H groups in total. The average Bonchev–Trinajstić information content (AvgIpc) is 2.33. The summed E-state index contributed by atoms with van der Waals surface area (Å²) in [6, 6.07) is 0. The number of aryl methyl sites for hydroxylation is 1. The second-order valence-corrected chi connectivity index (χ2v) is 4.03. The average molecular weight is 220 g/mol. The quantitative estimate of drug-likeness (QED) is 0.770. The number of nitrogens with zero attached hydrogens (tertiary/aromatic N) is 2.